The summed E-state index contributed by atoms with van der Waals surface area (Å²) in [6.45, 7) is 3.81. The third kappa shape index (κ3) is 2.31. The molecule has 0 amide bonds. The van der Waals surface area contributed by atoms with Gasteiger partial charge in [-0.05, 0) is 25.6 Å². The van der Waals surface area contributed by atoms with Gasteiger partial charge < -0.3 is 5.73 Å². The van der Waals surface area contributed by atoms with Crippen molar-refractivity contribution in [1.29, 1.82) is 0 Å². The van der Waals surface area contributed by atoms with Crippen LogP contribution in [0.1, 0.15) is 19.9 Å². The van der Waals surface area contributed by atoms with Crippen LogP contribution in [0.25, 0.3) is 0 Å². The highest BCUT2D eigenvalue weighted by Gasteiger charge is 2.14. The Morgan fingerprint density at radius 2 is 2.12 bits per heavy atom. The Bertz CT molecular complexity index is 575. The Morgan fingerprint density at radius 3 is 2.76 bits per heavy atom. The molecule has 0 bridgehead atoms. The zero-order chi connectivity index (χ0) is 12.4. The van der Waals surface area contributed by atoms with Gasteiger partial charge in [0.1, 0.15) is 5.03 Å². The molecule has 0 unspecified atom stereocenters. The van der Waals surface area contributed by atoms with E-state index in [1.165, 1.54) is 18.0 Å². The zero-order valence-corrected chi connectivity index (χ0v) is 10.2. The molecule has 0 aromatic carbocycles. The molecule has 2 aromatic heterocycles. The van der Waals surface area contributed by atoms with E-state index in [1.54, 1.807) is 10.8 Å². The van der Waals surface area contributed by atoms with Gasteiger partial charge in [0.2, 0.25) is 0 Å². The summed E-state index contributed by atoms with van der Waals surface area (Å²) in [5.74, 6) is 0.322. The molecule has 0 saturated heterocycles. The fourth-order valence-electron chi connectivity index (χ4n) is 1.32. The van der Waals surface area contributed by atoms with Crippen LogP contribution >= 0.6 is 11.8 Å². The molecule has 3 N–H and O–H groups in total. The number of nitrogen functional groups attached to an aromatic ring is 1. The Labute approximate surface area is 101 Å². The van der Waals surface area contributed by atoms with Gasteiger partial charge in [0.25, 0.3) is 0 Å². The van der Waals surface area contributed by atoms with E-state index in [0.29, 0.717) is 16.0 Å². The quantitative estimate of drug-likeness (QED) is 0.832. The lowest BCUT2D eigenvalue weighted by Gasteiger charge is -2.08. The van der Waals surface area contributed by atoms with Crippen LogP contribution in [0.2, 0.25) is 0 Å². The molecule has 8 heteroatoms. The highest BCUT2D eigenvalue weighted by Crippen LogP contribution is 2.27. The van der Waals surface area contributed by atoms with Crippen LogP contribution in [0.5, 0.6) is 0 Å². The van der Waals surface area contributed by atoms with Gasteiger partial charge in [-0.25, -0.2) is 19.9 Å². The number of H-pyrrole nitrogens is 1. The largest absolute Gasteiger partial charge is 0.381 e. The monoisotopic (exact) mass is 252 g/mol. The van der Waals surface area contributed by atoms with Gasteiger partial charge in [-0.2, -0.15) is 0 Å². The second kappa shape index (κ2) is 4.58. The molecule has 0 atom stereocenters. The SMILES string of the molecule is CC(C)n1c(Sc2nccnc2N)n[nH]c1=O. The van der Waals surface area contributed by atoms with E-state index in [0.717, 1.165) is 0 Å². The van der Waals surface area contributed by atoms with Crippen molar-refractivity contribution in [3.05, 3.63) is 22.9 Å². The summed E-state index contributed by atoms with van der Waals surface area (Å²) in [5, 5.41) is 7.41. The predicted octanol–water partition coefficient (Wildman–Crippen LogP) is 0.676. The number of nitrogens with two attached hydrogens (primary N) is 1. The standard InChI is InChI=1S/C9H12N6OS/c1-5(2)15-8(16)13-14-9(15)17-7-6(10)11-3-4-12-7/h3-5H,1-2H3,(H2,10,11)(H,13,16). The molecule has 0 radical (unpaired) electrons. The van der Waals surface area contributed by atoms with E-state index in [2.05, 4.69) is 20.2 Å². The molecule has 0 aliphatic rings. The summed E-state index contributed by atoms with van der Waals surface area (Å²) >= 11 is 1.21. The molecule has 17 heavy (non-hydrogen) atoms. The van der Waals surface area contributed by atoms with Gasteiger partial charge >= 0.3 is 5.69 Å². The summed E-state index contributed by atoms with van der Waals surface area (Å²) in [5.41, 5.74) is 5.44. The van der Waals surface area contributed by atoms with Crippen molar-refractivity contribution < 1.29 is 0 Å². The number of hydrogen-bond acceptors (Lipinski definition) is 6. The maximum atomic E-state index is 11.5. The first-order chi connectivity index (χ1) is 8.09. The topological polar surface area (TPSA) is 102 Å². The van der Waals surface area contributed by atoms with Gasteiger partial charge in [0.15, 0.2) is 11.0 Å². The first kappa shape index (κ1) is 11.6. The average Bonchev–Trinajstić information content (AvgIpc) is 2.63. The molecular formula is C9H12N6OS. The number of aromatic amines is 1. The molecular weight excluding hydrogens is 240 g/mol. The van der Waals surface area contributed by atoms with E-state index in [4.69, 9.17) is 5.73 Å². The van der Waals surface area contributed by atoms with Crippen LogP contribution in [0.4, 0.5) is 5.82 Å². The number of nitrogens with one attached hydrogen (secondary N) is 1. The number of nitrogens with zero attached hydrogens (tertiary/aromatic N) is 4. The third-order valence-corrected chi connectivity index (χ3v) is 3.05. The Kier molecular flexibility index (Phi) is 3.14. The smallest absolute Gasteiger partial charge is 0.344 e. The summed E-state index contributed by atoms with van der Waals surface area (Å²) in [6, 6.07) is 0.0154. The minimum atomic E-state index is -0.245. The number of hydrogen-bond donors (Lipinski definition) is 2. The zero-order valence-electron chi connectivity index (χ0n) is 9.41. The number of anilines is 1. The van der Waals surface area contributed by atoms with Crippen LogP contribution in [0.15, 0.2) is 27.4 Å². The van der Waals surface area contributed by atoms with Crippen LogP contribution in [0.3, 0.4) is 0 Å². The van der Waals surface area contributed by atoms with Crippen molar-refractivity contribution >= 4 is 17.6 Å². The molecule has 0 spiro atoms. The molecule has 7 nitrogen and oxygen atoms in total. The van der Waals surface area contributed by atoms with Crippen molar-refractivity contribution in [3.63, 3.8) is 0 Å². The summed E-state index contributed by atoms with van der Waals surface area (Å²) in [6.07, 6.45) is 3.06. The molecule has 2 aromatic rings. The molecule has 0 fully saturated rings. The molecule has 90 valence electrons. The predicted molar refractivity (Wildman–Crippen MR) is 63.8 cm³/mol. The highest BCUT2D eigenvalue weighted by atomic mass is 32.2. The normalized spacial score (nSPS) is 11.0. The average molecular weight is 252 g/mol. The van der Waals surface area contributed by atoms with Crippen LogP contribution in [-0.4, -0.2) is 24.7 Å². The van der Waals surface area contributed by atoms with Gasteiger partial charge in [0, 0.05) is 18.4 Å². The lowest BCUT2D eigenvalue weighted by atomic mass is 10.4. The number of rotatable bonds is 3. The van der Waals surface area contributed by atoms with E-state index < -0.39 is 0 Å². The molecule has 2 rings (SSSR count). The maximum absolute atomic E-state index is 11.5. The fourth-order valence-corrected chi connectivity index (χ4v) is 2.25. The Hall–Kier alpha value is -1.83. The third-order valence-electron chi connectivity index (χ3n) is 2.07. The lowest BCUT2D eigenvalue weighted by Crippen LogP contribution is -2.19. The maximum Gasteiger partial charge on any atom is 0.344 e. The molecule has 0 aliphatic carbocycles. The first-order valence-corrected chi connectivity index (χ1v) is 5.82. The van der Waals surface area contributed by atoms with Crippen LogP contribution < -0.4 is 11.4 Å². The fraction of sp³-hybridized carbons (Fsp3) is 0.333. The lowest BCUT2D eigenvalue weighted by molar-refractivity contribution is 0.534. The summed E-state index contributed by atoms with van der Waals surface area (Å²) in [7, 11) is 0. The van der Waals surface area contributed by atoms with Crippen molar-refractivity contribution in [3.8, 4) is 0 Å². The van der Waals surface area contributed by atoms with Crippen molar-refractivity contribution in [2.24, 2.45) is 0 Å². The van der Waals surface area contributed by atoms with E-state index >= 15 is 0 Å². The van der Waals surface area contributed by atoms with E-state index in [9.17, 15) is 4.79 Å². The Balaban J connectivity index is 2.37. The molecule has 2 heterocycles. The van der Waals surface area contributed by atoms with E-state index in [1.807, 2.05) is 13.8 Å². The minimum Gasteiger partial charge on any atom is -0.381 e. The van der Waals surface area contributed by atoms with Gasteiger partial charge in [-0.3, -0.25) is 4.57 Å². The number of aromatic nitrogens is 5. The molecule has 0 saturated carbocycles. The minimum absolute atomic E-state index is 0.0154. The van der Waals surface area contributed by atoms with Crippen LogP contribution in [0, 0.1) is 0 Å². The second-order valence-electron chi connectivity index (χ2n) is 3.62. The van der Waals surface area contributed by atoms with Gasteiger partial charge in [0.05, 0.1) is 0 Å². The second-order valence-corrected chi connectivity index (χ2v) is 4.58. The van der Waals surface area contributed by atoms with E-state index in [-0.39, 0.29) is 11.7 Å². The summed E-state index contributed by atoms with van der Waals surface area (Å²) < 4.78 is 1.54. The van der Waals surface area contributed by atoms with Crippen LogP contribution in [-0.2, 0) is 0 Å². The molecule has 0 aliphatic heterocycles. The Morgan fingerprint density at radius 1 is 1.41 bits per heavy atom. The highest BCUT2D eigenvalue weighted by molar-refractivity contribution is 7.99. The first-order valence-electron chi connectivity index (χ1n) is 5.01. The van der Waals surface area contributed by atoms with Gasteiger partial charge in [-0.15, -0.1) is 5.10 Å². The van der Waals surface area contributed by atoms with Crippen molar-refractivity contribution in [2.75, 3.05) is 5.73 Å². The van der Waals surface area contributed by atoms with Gasteiger partial charge in [-0.1, -0.05) is 0 Å². The summed E-state index contributed by atoms with van der Waals surface area (Å²) in [4.78, 5) is 19.5. The van der Waals surface area contributed by atoms with Crippen molar-refractivity contribution in [1.82, 2.24) is 24.7 Å². The van der Waals surface area contributed by atoms with Crippen molar-refractivity contribution in [2.45, 2.75) is 30.1 Å².